The molecular formula is C24H17Cl2FN2O2. The highest BCUT2D eigenvalue weighted by Gasteiger charge is 2.32. The fourth-order valence-corrected chi connectivity index (χ4v) is 4.04. The molecule has 0 radical (unpaired) electrons. The number of hydrogen-bond acceptors (Lipinski definition) is 3. The Kier molecular flexibility index (Phi) is 6.35. The first-order valence-corrected chi connectivity index (χ1v) is 10.2. The van der Waals surface area contributed by atoms with Crippen LogP contribution in [-0.4, -0.2) is 16.4 Å². The van der Waals surface area contributed by atoms with Crippen molar-refractivity contribution in [2.75, 3.05) is 0 Å². The number of carbonyl (C=O) groups is 1. The van der Waals surface area contributed by atoms with Crippen LogP contribution in [0.5, 0.6) is 0 Å². The number of aromatic nitrogens is 2. The van der Waals surface area contributed by atoms with Crippen molar-refractivity contribution in [2.45, 2.75) is 12.0 Å². The predicted molar refractivity (Wildman–Crippen MR) is 119 cm³/mol. The van der Waals surface area contributed by atoms with Crippen LogP contribution in [0.3, 0.4) is 0 Å². The van der Waals surface area contributed by atoms with E-state index in [0.717, 1.165) is 16.8 Å². The molecule has 0 saturated carbocycles. The summed E-state index contributed by atoms with van der Waals surface area (Å²) in [4.78, 5) is 19.2. The summed E-state index contributed by atoms with van der Waals surface area (Å²) < 4.78 is 19.3. The van der Waals surface area contributed by atoms with E-state index in [4.69, 9.17) is 27.9 Å². The zero-order chi connectivity index (χ0) is 21.8. The second-order valence-corrected chi connectivity index (χ2v) is 7.73. The molecule has 1 aromatic heterocycles. The smallest absolute Gasteiger partial charge is 0.293 e. The van der Waals surface area contributed by atoms with Gasteiger partial charge in [-0.25, -0.2) is 9.37 Å². The van der Waals surface area contributed by atoms with Gasteiger partial charge in [0.05, 0.1) is 28.7 Å². The van der Waals surface area contributed by atoms with Gasteiger partial charge in [-0.2, -0.15) is 0 Å². The molecule has 0 spiro atoms. The Labute approximate surface area is 188 Å². The maximum absolute atomic E-state index is 13.8. The Morgan fingerprint density at radius 2 is 1.77 bits per heavy atom. The van der Waals surface area contributed by atoms with Gasteiger partial charge in [-0.1, -0.05) is 71.7 Å². The van der Waals surface area contributed by atoms with E-state index < -0.39 is 17.8 Å². The molecule has 2 unspecified atom stereocenters. The molecule has 4 aromatic rings. The van der Waals surface area contributed by atoms with E-state index in [1.54, 1.807) is 18.5 Å². The number of ether oxygens (including phenoxy) is 1. The van der Waals surface area contributed by atoms with Crippen LogP contribution in [0.15, 0.2) is 79.1 Å². The largest absolute Gasteiger partial charge is 0.459 e. The van der Waals surface area contributed by atoms with Crippen molar-refractivity contribution in [1.29, 1.82) is 0 Å². The topological polar surface area (TPSA) is 55.0 Å². The Morgan fingerprint density at radius 1 is 0.968 bits per heavy atom. The van der Waals surface area contributed by atoms with Crippen molar-refractivity contribution in [2.24, 2.45) is 0 Å². The number of carbonyl (C=O) groups excluding carboxylic acids is 1. The first-order chi connectivity index (χ1) is 15.1. The summed E-state index contributed by atoms with van der Waals surface area (Å²) in [5.74, 6) is -1.02. The molecule has 0 aliphatic rings. The van der Waals surface area contributed by atoms with E-state index in [9.17, 15) is 9.18 Å². The predicted octanol–water partition coefficient (Wildman–Crippen LogP) is 6.57. The molecular weight excluding hydrogens is 438 g/mol. The zero-order valence-corrected chi connectivity index (χ0v) is 17.6. The molecule has 1 N–H and O–H groups in total. The van der Waals surface area contributed by atoms with Gasteiger partial charge in [0.1, 0.15) is 11.9 Å². The average molecular weight is 455 g/mol. The van der Waals surface area contributed by atoms with Gasteiger partial charge < -0.3 is 9.72 Å². The van der Waals surface area contributed by atoms with Crippen molar-refractivity contribution in [3.8, 4) is 11.3 Å². The highest BCUT2D eigenvalue weighted by molar-refractivity contribution is 6.31. The van der Waals surface area contributed by atoms with Gasteiger partial charge in [0.25, 0.3) is 6.47 Å². The first kappa shape index (κ1) is 21.1. The van der Waals surface area contributed by atoms with E-state index in [1.165, 1.54) is 12.1 Å². The Morgan fingerprint density at radius 3 is 2.48 bits per heavy atom. The van der Waals surface area contributed by atoms with Crippen molar-refractivity contribution >= 4 is 29.7 Å². The van der Waals surface area contributed by atoms with Crippen LogP contribution < -0.4 is 0 Å². The average Bonchev–Trinajstić information content (AvgIpc) is 3.26. The number of imidazole rings is 1. The molecule has 1 heterocycles. The third-order valence-corrected chi connectivity index (χ3v) is 5.54. The maximum Gasteiger partial charge on any atom is 0.293 e. The summed E-state index contributed by atoms with van der Waals surface area (Å²) in [5, 5.41) is 0.525. The summed E-state index contributed by atoms with van der Waals surface area (Å²) in [7, 11) is 0. The van der Waals surface area contributed by atoms with Crippen LogP contribution >= 0.6 is 23.2 Å². The SMILES string of the molecule is O=COC(c1ccc(F)c(Cl)c1)C(c1ccccc1)c1[nH]cnc1-c1cccc(Cl)c1. The normalized spacial score (nSPS) is 12.9. The van der Waals surface area contributed by atoms with Crippen LogP contribution in [0.25, 0.3) is 11.3 Å². The number of aromatic amines is 1. The summed E-state index contributed by atoms with van der Waals surface area (Å²) in [6, 6.07) is 21.2. The fraction of sp³-hybridized carbons (Fsp3) is 0.0833. The Hall–Kier alpha value is -3.15. The van der Waals surface area contributed by atoms with Crippen LogP contribution in [0, 0.1) is 5.82 Å². The molecule has 0 amide bonds. The van der Waals surface area contributed by atoms with E-state index in [2.05, 4.69) is 9.97 Å². The molecule has 2 atom stereocenters. The molecule has 4 rings (SSSR count). The molecule has 0 aliphatic heterocycles. The second-order valence-electron chi connectivity index (χ2n) is 6.89. The minimum Gasteiger partial charge on any atom is -0.459 e. The van der Waals surface area contributed by atoms with Gasteiger partial charge in [0, 0.05) is 10.6 Å². The van der Waals surface area contributed by atoms with Crippen molar-refractivity contribution in [3.63, 3.8) is 0 Å². The van der Waals surface area contributed by atoms with Crippen LogP contribution in [0.1, 0.15) is 28.8 Å². The number of nitrogens with zero attached hydrogens (tertiary/aromatic N) is 1. The second kappa shape index (κ2) is 9.33. The highest BCUT2D eigenvalue weighted by atomic mass is 35.5. The van der Waals surface area contributed by atoms with Gasteiger partial charge in [0.2, 0.25) is 0 Å². The molecule has 31 heavy (non-hydrogen) atoms. The molecule has 4 nitrogen and oxygen atoms in total. The maximum atomic E-state index is 13.8. The number of hydrogen-bond donors (Lipinski definition) is 1. The fourth-order valence-electron chi connectivity index (χ4n) is 3.66. The van der Waals surface area contributed by atoms with E-state index in [1.807, 2.05) is 48.5 Å². The lowest BCUT2D eigenvalue weighted by Crippen LogP contribution is -2.17. The summed E-state index contributed by atoms with van der Waals surface area (Å²) in [6.45, 7) is 0.382. The third kappa shape index (κ3) is 4.48. The molecule has 156 valence electrons. The minimum atomic E-state index is -0.781. The highest BCUT2D eigenvalue weighted by Crippen LogP contribution is 2.42. The van der Waals surface area contributed by atoms with Gasteiger partial charge in [-0.15, -0.1) is 0 Å². The number of halogens is 3. The van der Waals surface area contributed by atoms with Crippen molar-refractivity contribution in [3.05, 3.63) is 112 Å². The van der Waals surface area contributed by atoms with E-state index >= 15 is 0 Å². The lowest BCUT2D eigenvalue weighted by molar-refractivity contribution is -0.134. The first-order valence-electron chi connectivity index (χ1n) is 9.46. The van der Waals surface area contributed by atoms with Crippen molar-refractivity contribution in [1.82, 2.24) is 9.97 Å². The molecule has 0 fully saturated rings. The quantitative estimate of drug-likeness (QED) is 0.321. The number of benzene rings is 3. The molecule has 0 aliphatic carbocycles. The zero-order valence-electron chi connectivity index (χ0n) is 16.1. The van der Waals surface area contributed by atoms with Gasteiger partial charge in [-0.3, -0.25) is 4.79 Å². The van der Waals surface area contributed by atoms with Crippen LogP contribution in [0.2, 0.25) is 10.0 Å². The number of rotatable bonds is 7. The third-order valence-electron chi connectivity index (χ3n) is 5.01. The lowest BCUT2D eigenvalue weighted by atomic mass is 9.84. The Balaban J connectivity index is 1.90. The van der Waals surface area contributed by atoms with Gasteiger partial charge in [0.15, 0.2) is 0 Å². The Bertz CT molecular complexity index is 1200. The van der Waals surface area contributed by atoms with Gasteiger partial charge in [-0.05, 0) is 35.4 Å². The molecule has 0 saturated heterocycles. The van der Waals surface area contributed by atoms with Gasteiger partial charge >= 0.3 is 0 Å². The van der Waals surface area contributed by atoms with E-state index in [0.29, 0.717) is 22.8 Å². The summed E-state index contributed by atoms with van der Waals surface area (Å²) >= 11 is 12.2. The summed E-state index contributed by atoms with van der Waals surface area (Å²) in [6.07, 6.45) is 0.799. The van der Waals surface area contributed by atoms with Crippen LogP contribution in [0.4, 0.5) is 4.39 Å². The monoisotopic (exact) mass is 454 g/mol. The van der Waals surface area contributed by atoms with E-state index in [-0.39, 0.29) is 5.02 Å². The molecule has 3 aromatic carbocycles. The standard InChI is InChI=1S/C24H17Cl2FN2O2/c25-18-8-4-7-16(11-18)22-23(29-13-28-22)21(15-5-2-1-3-6-15)24(31-14-30)17-9-10-20(27)19(26)12-17/h1-14,21,24H,(H,28,29). The lowest BCUT2D eigenvalue weighted by Gasteiger charge is -2.27. The summed E-state index contributed by atoms with van der Waals surface area (Å²) in [5.41, 5.74) is 3.64. The minimum absolute atomic E-state index is 0.0523. The number of H-pyrrole nitrogens is 1. The van der Waals surface area contributed by atoms with Crippen molar-refractivity contribution < 1.29 is 13.9 Å². The molecule has 7 heteroatoms. The number of nitrogens with one attached hydrogen (secondary N) is 1. The molecule has 0 bridgehead atoms. The van der Waals surface area contributed by atoms with Crippen LogP contribution in [-0.2, 0) is 9.53 Å².